The summed E-state index contributed by atoms with van der Waals surface area (Å²) in [6.45, 7) is 11.1. The van der Waals surface area contributed by atoms with Gasteiger partial charge in [0.25, 0.3) is 0 Å². The number of nitrogens with one attached hydrogen (secondary N) is 2. The largest absolute Gasteiger partial charge is 0.355 e. The lowest BCUT2D eigenvalue weighted by Gasteiger charge is -2.35. The van der Waals surface area contributed by atoms with Crippen LogP contribution in [0.2, 0.25) is 0 Å². The lowest BCUT2D eigenvalue weighted by Crippen LogP contribution is -2.38. The number of hydrogen-bond donors (Lipinski definition) is 2. The van der Waals surface area contributed by atoms with E-state index in [0.29, 0.717) is 25.4 Å². The van der Waals surface area contributed by atoms with Crippen molar-refractivity contribution < 1.29 is 9.59 Å². The molecule has 1 aromatic carbocycles. The Morgan fingerprint density at radius 3 is 2.18 bits per heavy atom. The smallest absolute Gasteiger partial charge is 0.223 e. The van der Waals surface area contributed by atoms with E-state index in [-0.39, 0.29) is 17.7 Å². The van der Waals surface area contributed by atoms with Crippen LogP contribution >= 0.6 is 0 Å². The Hall–Kier alpha value is -1.88. The van der Waals surface area contributed by atoms with Crippen molar-refractivity contribution in [2.75, 3.05) is 19.6 Å². The first-order valence-corrected chi connectivity index (χ1v) is 10.7. The zero-order valence-corrected chi connectivity index (χ0v) is 17.5. The molecule has 1 saturated carbocycles. The van der Waals surface area contributed by atoms with Gasteiger partial charge in [-0.2, -0.15) is 0 Å². The van der Waals surface area contributed by atoms with Crippen molar-refractivity contribution in [1.82, 2.24) is 15.5 Å². The summed E-state index contributed by atoms with van der Waals surface area (Å²) in [6.07, 6.45) is 2.64. The quantitative estimate of drug-likeness (QED) is 0.723. The van der Waals surface area contributed by atoms with E-state index in [1.165, 1.54) is 25.1 Å². The molecule has 1 heterocycles. The Morgan fingerprint density at radius 1 is 0.964 bits per heavy atom. The SMILES string of the molecule is CC1CC(C)CN(Cc2ccc(CNC(=O)CCNC(=O)C3CC3C)cc2)C1. The molecule has 28 heavy (non-hydrogen) atoms. The summed E-state index contributed by atoms with van der Waals surface area (Å²) in [5.41, 5.74) is 2.43. The molecule has 0 aromatic heterocycles. The van der Waals surface area contributed by atoms with Crippen molar-refractivity contribution in [2.45, 2.75) is 53.1 Å². The Balaban J connectivity index is 1.34. The molecule has 5 heteroatoms. The third-order valence-electron chi connectivity index (χ3n) is 5.96. The summed E-state index contributed by atoms with van der Waals surface area (Å²) >= 11 is 0. The number of benzene rings is 1. The van der Waals surface area contributed by atoms with E-state index in [1.807, 2.05) is 0 Å². The number of rotatable bonds is 8. The summed E-state index contributed by atoms with van der Waals surface area (Å²) in [6, 6.07) is 8.54. The molecule has 3 rings (SSSR count). The summed E-state index contributed by atoms with van der Waals surface area (Å²) in [5, 5.41) is 5.79. The molecule has 4 unspecified atom stereocenters. The van der Waals surface area contributed by atoms with E-state index in [1.54, 1.807) is 0 Å². The van der Waals surface area contributed by atoms with Gasteiger partial charge in [0.1, 0.15) is 0 Å². The standard InChI is InChI=1S/C23H35N3O2/c1-16-10-17(2)14-26(13-16)15-20-6-4-19(5-7-20)12-25-22(27)8-9-24-23(28)21-11-18(21)3/h4-7,16-18,21H,8-15H2,1-3H3,(H,24,28)(H,25,27). The Morgan fingerprint density at radius 2 is 1.57 bits per heavy atom. The first kappa shape index (κ1) is 20.8. The number of likely N-dealkylation sites (tertiary alicyclic amines) is 1. The second-order valence-electron chi connectivity index (χ2n) is 9.09. The van der Waals surface area contributed by atoms with Crippen molar-refractivity contribution in [1.29, 1.82) is 0 Å². The van der Waals surface area contributed by atoms with Crippen LogP contribution in [0.15, 0.2) is 24.3 Å². The molecule has 154 valence electrons. The van der Waals surface area contributed by atoms with E-state index in [9.17, 15) is 9.59 Å². The lowest BCUT2D eigenvalue weighted by atomic mass is 9.91. The molecular weight excluding hydrogens is 350 g/mol. The molecule has 1 aromatic rings. The zero-order chi connectivity index (χ0) is 20.1. The summed E-state index contributed by atoms with van der Waals surface area (Å²) in [5.74, 6) is 2.28. The minimum absolute atomic E-state index is 0.0236. The molecule has 0 spiro atoms. The predicted octanol–water partition coefficient (Wildman–Crippen LogP) is 2.94. The van der Waals surface area contributed by atoms with Crippen molar-refractivity contribution >= 4 is 11.8 Å². The molecule has 2 amide bonds. The van der Waals surface area contributed by atoms with Gasteiger partial charge in [-0.3, -0.25) is 14.5 Å². The van der Waals surface area contributed by atoms with Crippen LogP contribution in [0.5, 0.6) is 0 Å². The van der Waals surface area contributed by atoms with Crippen molar-refractivity contribution in [2.24, 2.45) is 23.7 Å². The van der Waals surface area contributed by atoms with E-state index in [4.69, 9.17) is 0 Å². The zero-order valence-electron chi connectivity index (χ0n) is 17.5. The molecular formula is C23H35N3O2. The fourth-order valence-corrected chi connectivity index (χ4v) is 4.35. The average molecular weight is 386 g/mol. The molecule has 1 aliphatic heterocycles. The summed E-state index contributed by atoms with van der Waals surface area (Å²) in [4.78, 5) is 26.3. The molecule has 5 nitrogen and oxygen atoms in total. The van der Waals surface area contributed by atoms with Crippen LogP contribution < -0.4 is 10.6 Å². The Bertz CT molecular complexity index is 663. The fourth-order valence-electron chi connectivity index (χ4n) is 4.35. The first-order valence-electron chi connectivity index (χ1n) is 10.7. The van der Waals surface area contributed by atoms with Crippen LogP contribution in [-0.2, 0) is 22.7 Å². The topological polar surface area (TPSA) is 61.4 Å². The molecule has 2 aliphatic rings. The maximum absolute atomic E-state index is 12.0. The number of hydrogen-bond acceptors (Lipinski definition) is 3. The van der Waals surface area contributed by atoms with Crippen molar-refractivity contribution in [3.63, 3.8) is 0 Å². The summed E-state index contributed by atoms with van der Waals surface area (Å²) < 4.78 is 0. The number of carbonyl (C=O) groups excluding carboxylic acids is 2. The minimum atomic E-state index is -0.0236. The van der Waals surface area contributed by atoms with E-state index in [0.717, 1.165) is 30.4 Å². The number of carbonyl (C=O) groups is 2. The first-order chi connectivity index (χ1) is 13.4. The van der Waals surface area contributed by atoms with Gasteiger partial charge in [-0.25, -0.2) is 0 Å². The maximum atomic E-state index is 12.0. The van der Waals surface area contributed by atoms with Gasteiger partial charge in [0.15, 0.2) is 0 Å². The number of nitrogens with zero attached hydrogens (tertiary/aromatic N) is 1. The Kier molecular flexibility index (Phi) is 7.11. The molecule has 2 fully saturated rings. The van der Waals surface area contributed by atoms with Crippen LogP contribution in [0.4, 0.5) is 0 Å². The van der Waals surface area contributed by atoms with Crippen molar-refractivity contribution in [3.8, 4) is 0 Å². The summed E-state index contributed by atoms with van der Waals surface area (Å²) in [7, 11) is 0. The van der Waals surface area contributed by atoms with Gasteiger partial charge in [-0.05, 0) is 41.7 Å². The van der Waals surface area contributed by atoms with Gasteiger partial charge >= 0.3 is 0 Å². The maximum Gasteiger partial charge on any atom is 0.223 e. The van der Waals surface area contributed by atoms with Gasteiger partial charge in [0.05, 0.1) is 0 Å². The van der Waals surface area contributed by atoms with Gasteiger partial charge in [0.2, 0.25) is 11.8 Å². The van der Waals surface area contributed by atoms with Gasteiger partial charge in [-0.1, -0.05) is 45.0 Å². The normalized spacial score (nSPS) is 27.2. The predicted molar refractivity (Wildman–Crippen MR) is 111 cm³/mol. The fraction of sp³-hybridized carbons (Fsp3) is 0.652. The van der Waals surface area contributed by atoms with E-state index >= 15 is 0 Å². The van der Waals surface area contributed by atoms with Gasteiger partial charge in [-0.15, -0.1) is 0 Å². The highest BCUT2D eigenvalue weighted by Crippen LogP contribution is 2.37. The van der Waals surface area contributed by atoms with E-state index in [2.05, 4.69) is 60.6 Å². The van der Waals surface area contributed by atoms with Crippen LogP contribution in [0.25, 0.3) is 0 Å². The van der Waals surface area contributed by atoms with Crippen LogP contribution in [-0.4, -0.2) is 36.3 Å². The molecule has 0 bridgehead atoms. The van der Waals surface area contributed by atoms with Crippen LogP contribution in [0, 0.1) is 23.7 Å². The third kappa shape index (κ3) is 6.33. The number of piperidine rings is 1. The average Bonchev–Trinajstić information content (AvgIpc) is 3.37. The molecule has 1 aliphatic carbocycles. The van der Waals surface area contributed by atoms with Crippen LogP contribution in [0.1, 0.15) is 51.2 Å². The van der Waals surface area contributed by atoms with E-state index < -0.39 is 0 Å². The second kappa shape index (κ2) is 9.55. The van der Waals surface area contributed by atoms with Crippen molar-refractivity contribution in [3.05, 3.63) is 35.4 Å². The Labute approximate surface area is 169 Å². The van der Waals surface area contributed by atoms with Gasteiger partial charge in [0, 0.05) is 45.1 Å². The number of amides is 2. The highest BCUT2D eigenvalue weighted by Gasteiger charge is 2.38. The third-order valence-corrected chi connectivity index (χ3v) is 5.96. The molecule has 0 radical (unpaired) electrons. The molecule has 2 N–H and O–H groups in total. The molecule has 1 saturated heterocycles. The monoisotopic (exact) mass is 385 g/mol. The highest BCUT2D eigenvalue weighted by molar-refractivity contribution is 5.82. The second-order valence-corrected chi connectivity index (χ2v) is 9.09. The minimum Gasteiger partial charge on any atom is -0.355 e. The highest BCUT2D eigenvalue weighted by atomic mass is 16.2. The van der Waals surface area contributed by atoms with Crippen LogP contribution in [0.3, 0.4) is 0 Å². The van der Waals surface area contributed by atoms with Gasteiger partial charge < -0.3 is 10.6 Å². The molecule has 4 atom stereocenters. The lowest BCUT2D eigenvalue weighted by molar-refractivity contribution is -0.123.